The average molecular weight is 675 g/mol. The molecule has 0 aliphatic heterocycles. The zero-order chi connectivity index (χ0) is 34.6. The van der Waals surface area contributed by atoms with Crippen LogP contribution in [0.2, 0.25) is 0 Å². The van der Waals surface area contributed by atoms with Crippen LogP contribution in [0.5, 0.6) is 17.2 Å². The van der Waals surface area contributed by atoms with Crippen molar-refractivity contribution >= 4 is 46.9 Å². The van der Waals surface area contributed by atoms with Crippen molar-refractivity contribution in [3.05, 3.63) is 144 Å². The molecule has 5 rings (SSSR count). The summed E-state index contributed by atoms with van der Waals surface area (Å²) < 4.78 is 16.4. The third kappa shape index (κ3) is 9.05. The maximum atomic E-state index is 13.7. The fourth-order valence-electron chi connectivity index (χ4n) is 4.79. The normalized spacial score (nSPS) is 11.5. The molecule has 0 aliphatic carbocycles. The number of amides is 3. The van der Waals surface area contributed by atoms with Crippen LogP contribution in [-0.4, -0.2) is 44.0 Å². The van der Waals surface area contributed by atoms with Crippen molar-refractivity contribution in [1.82, 2.24) is 10.3 Å². The summed E-state index contributed by atoms with van der Waals surface area (Å²) in [5.74, 6) is -0.0352. The average Bonchev–Trinajstić information content (AvgIpc) is 3.14. The minimum Gasteiger partial charge on any atom is -0.493 e. The van der Waals surface area contributed by atoms with Gasteiger partial charge in [0.15, 0.2) is 11.5 Å². The lowest BCUT2D eigenvalue weighted by Crippen LogP contribution is -2.30. The number of hydrogen-bond donors (Lipinski definition) is 3. The highest BCUT2D eigenvalue weighted by Crippen LogP contribution is 2.39. The monoisotopic (exact) mass is 674 g/mol. The number of carbonyl (C=O) groups is 3. The van der Waals surface area contributed by atoms with Gasteiger partial charge in [0, 0.05) is 34.2 Å². The third-order valence-corrected chi connectivity index (χ3v) is 8.45. The molecule has 0 fully saturated rings. The van der Waals surface area contributed by atoms with E-state index in [2.05, 4.69) is 20.9 Å². The van der Waals surface area contributed by atoms with Crippen LogP contribution in [0.4, 0.5) is 11.4 Å². The molecule has 248 valence electrons. The Hall–Kier alpha value is -6.07. The Morgan fingerprint density at radius 1 is 0.714 bits per heavy atom. The molecule has 0 radical (unpaired) electrons. The summed E-state index contributed by atoms with van der Waals surface area (Å²) in [7, 11) is 4.48. The van der Waals surface area contributed by atoms with Crippen molar-refractivity contribution < 1.29 is 28.6 Å². The molecule has 3 amide bonds. The summed E-state index contributed by atoms with van der Waals surface area (Å²) in [5.41, 5.74) is 2.86. The van der Waals surface area contributed by atoms with E-state index in [-0.39, 0.29) is 11.6 Å². The molecule has 3 N–H and O–H groups in total. The molecular weight excluding hydrogens is 641 g/mol. The summed E-state index contributed by atoms with van der Waals surface area (Å²) in [5, 5.41) is 8.01. The van der Waals surface area contributed by atoms with Gasteiger partial charge >= 0.3 is 0 Å². The first-order valence-corrected chi connectivity index (χ1v) is 16.0. The topological polar surface area (TPSA) is 128 Å². The second-order valence-electron chi connectivity index (χ2n) is 10.4. The number of nitrogens with zero attached hydrogens (tertiary/aromatic N) is 1. The molecule has 0 saturated heterocycles. The quantitative estimate of drug-likeness (QED) is 0.0901. The van der Waals surface area contributed by atoms with E-state index in [0.717, 1.165) is 10.5 Å². The molecule has 1 atom stereocenters. The van der Waals surface area contributed by atoms with Gasteiger partial charge in [-0.05, 0) is 77.9 Å². The Kier molecular flexibility index (Phi) is 11.7. The number of thioether (sulfide) groups is 1. The van der Waals surface area contributed by atoms with Crippen molar-refractivity contribution in [3.8, 4) is 17.2 Å². The number of methoxy groups -OCH3 is 3. The maximum Gasteiger partial charge on any atom is 0.272 e. The van der Waals surface area contributed by atoms with Crippen LogP contribution in [0.25, 0.3) is 6.08 Å². The first kappa shape index (κ1) is 34.3. The van der Waals surface area contributed by atoms with Crippen molar-refractivity contribution in [2.24, 2.45) is 0 Å². The predicted octanol–water partition coefficient (Wildman–Crippen LogP) is 6.99. The molecule has 10 nitrogen and oxygen atoms in total. The molecule has 11 heteroatoms. The Balaban J connectivity index is 1.38. The molecule has 0 bridgehead atoms. The standard InChI is InChI=1S/C38H34N4O6S/c1-46-32-23-25(24-33(47-2)34(32)48-3)22-31(42-36(43)27-12-8-5-9-13-27)37(44)40-28-14-16-30(17-15-28)49-35(26-10-6-4-7-11-26)38(45)41-29-18-20-39-21-19-29/h4-24,35H,1-3H3,(H,40,44)(H,42,43)(H,39,41,45)/b31-22-. The number of ether oxygens (including phenoxy) is 3. The van der Waals surface area contributed by atoms with E-state index in [1.165, 1.54) is 39.2 Å². The minimum atomic E-state index is -0.558. The Morgan fingerprint density at radius 2 is 1.31 bits per heavy atom. The maximum absolute atomic E-state index is 13.7. The number of pyridine rings is 1. The van der Waals surface area contributed by atoms with E-state index in [4.69, 9.17) is 14.2 Å². The summed E-state index contributed by atoms with van der Waals surface area (Å²) in [6.45, 7) is 0. The van der Waals surface area contributed by atoms with E-state index in [1.54, 1.807) is 79.1 Å². The van der Waals surface area contributed by atoms with Gasteiger partial charge in [0.1, 0.15) is 10.9 Å². The van der Waals surface area contributed by atoms with E-state index < -0.39 is 17.1 Å². The molecular formula is C38H34N4O6S. The number of anilines is 2. The first-order chi connectivity index (χ1) is 23.9. The van der Waals surface area contributed by atoms with Gasteiger partial charge in [-0.1, -0.05) is 48.5 Å². The van der Waals surface area contributed by atoms with Crippen LogP contribution >= 0.6 is 11.8 Å². The Labute approximate surface area is 288 Å². The third-order valence-electron chi connectivity index (χ3n) is 7.18. The molecule has 0 spiro atoms. The number of aromatic nitrogens is 1. The van der Waals surface area contributed by atoms with Crippen LogP contribution in [-0.2, 0) is 9.59 Å². The predicted molar refractivity (Wildman–Crippen MR) is 191 cm³/mol. The van der Waals surface area contributed by atoms with Crippen LogP contribution in [0, 0.1) is 0 Å². The smallest absolute Gasteiger partial charge is 0.272 e. The molecule has 0 saturated carbocycles. The number of nitrogens with one attached hydrogen (secondary N) is 3. The second-order valence-corrected chi connectivity index (χ2v) is 11.6. The first-order valence-electron chi connectivity index (χ1n) is 15.1. The molecule has 49 heavy (non-hydrogen) atoms. The van der Waals surface area contributed by atoms with Crippen LogP contribution in [0.3, 0.4) is 0 Å². The van der Waals surface area contributed by atoms with Crippen molar-refractivity contribution in [3.63, 3.8) is 0 Å². The number of carbonyl (C=O) groups excluding carboxylic acids is 3. The van der Waals surface area contributed by atoms with Crippen molar-refractivity contribution in [2.45, 2.75) is 10.1 Å². The van der Waals surface area contributed by atoms with Gasteiger partial charge in [0.2, 0.25) is 11.7 Å². The fourth-order valence-corrected chi connectivity index (χ4v) is 5.81. The van der Waals surface area contributed by atoms with Crippen molar-refractivity contribution in [1.29, 1.82) is 0 Å². The lowest BCUT2D eigenvalue weighted by molar-refractivity contribution is -0.116. The summed E-state index contributed by atoms with van der Waals surface area (Å²) in [4.78, 5) is 45.0. The van der Waals surface area contributed by atoms with Crippen LogP contribution in [0.15, 0.2) is 132 Å². The SMILES string of the molecule is COc1cc(/C=C(\NC(=O)c2ccccc2)C(=O)Nc2ccc(SC(C(=O)Nc3ccncc3)c3ccccc3)cc2)cc(OC)c1OC. The number of hydrogen-bond acceptors (Lipinski definition) is 8. The van der Waals surface area contributed by atoms with Gasteiger partial charge in [-0.25, -0.2) is 0 Å². The molecule has 1 aromatic heterocycles. The van der Waals surface area contributed by atoms with Gasteiger partial charge in [0.05, 0.1) is 21.3 Å². The lowest BCUT2D eigenvalue weighted by atomic mass is 10.1. The van der Waals surface area contributed by atoms with Crippen molar-refractivity contribution in [2.75, 3.05) is 32.0 Å². The van der Waals surface area contributed by atoms with Gasteiger partial charge in [-0.3, -0.25) is 19.4 Å². The highest BCUT2D eigenvalue weighted by Gasteiger charge is 2.23. The van der Waals surface area contributed by atoms with Crippen LogP contribution in [0.1, 0.15) is 26.7 Å². The summed E-state index contributed by atoms with van der Waals surface area (Å²) in [6.07, 6.45) is 4.76. The largest absolute Gasteiger partial charge is 0.493 e. The molecule has 1 unspecified atom stereocenters. The van der Waals surface area contributed by atoms with Gasteiger partial charge < -0.3 is 30.2 Å². The van der Waals surface area contributed by atoms with E-state index in [0.29, 0.717) is 39.8 Å². The lowest BCUT2D eigenvalue weighted by Gasteiger charge is -2.17. The second kappa shape index (κ2) is 16.7. The van der Waals surface area contributed by atoms with Gasteiger partial charge in [-0.15, -0.1) is 11.8 Å². The fraction of sp³-hybridized carbons (Fsp3) is 0.105. The molecule has 4 aromatic carbocycles. The minimum absolute atomic E-state index is 0.0153. The van der Waals surface area contributed by atoms with Gasteiger partial charge in [-0.2, -0.15) is 0 Å². The zero-order valence-electron chi connectivity index (χ0n) is 27.0. The number of benzene rings is 4. The van der Waals surface area contributed by atoms with E-state index >= 15 is 0 Å². The Bertz CT molecular complexity index is 1900. The zero-order valence-corrected chi connectivity index (χ0v) is 27.8. The van der Waals surface area contributed by atoms with Crippen LogP contribution < -0.4 is 30.2 Å². The van der Waals surface area contributed by atoms with E-state index in [1.807, 2.05) is 42.5 Å². The Morgan fingerprint density at radius 3 is 1.90 bits per heavy atom. The van der Waals surface area contributed by atoms with Gasteiger partial charge in [0.25, 0.3) is 11.8 Å². The summed E-state index contributed by atoms with van der Waals surface area (Å²) in [6, 6.07) is 32.0. The molecule has 1 heterocycles. The summed E-state index contributed by atoms with van der Waals surface area (Å²) >= 11 is 1.38. The molecule has 5 aromatic rings. The highest BCUT2D eigenvalue weighted by molar-refractivity contribution is 8.00. The highest BCUT2D eigenvalue weighted by atomic mass is 32.2. The van der Waals surface area contributed by atoms with E-state index in [9.17, 15) is 14.4 Å². The number of rotatable bonds is 13. The molecule has 0 aliphatic rings.